The van der Waals surface area contributed by atoms with Crippen molar-refractivity contribution in [1.29, 1.82) is 0 Å². The molecule has 3 heterocycles. The van der Waals surface area contributed by atoms with Gasteiger partial charge in [0.1, 0.15) is 10.4 Å². The number of anilines is 1. The van der Waals surface area contributed by atoms with Gasteiger partial charge in [-0.05, 0) is 46.7 Å². The van der Waals surface area contributed by atoms with Crippen LogP contribution in [0.1, 0.15) is 0 Å². The number of para-hydroxylation sites is 2. The number of nitrogens with zero attached hydrogens (tertiary/aromatic N) is 5. The van der Waals surface area contributed by atoms with E-state index in [1.165, 1.54) is 10.4 Å². The first kappa shape index (κ1) is 21.5. The van der Waals surface area contributed by atoms with E-state index in [0.717, 1.165) is 11.1 Å². The van der Waals surface area contributed by atoms with Crippen LogP contribution in [0.5, 0.6) is 11.5 Å². The molecule has 0 unspecified atom stereocenters. The summed E-state index contributed by atoms with van der Waals surface area (Å²) in [4.78, 5) is 6.62. The minimum Gasteiger partial charge on any atom is -0.453 e. The molecule has 0 spiro atoms. The first-order chi connectivity index (χ1) is 17.1. The Labute approximate surface area is 201 Å². The lowest BCUT2D eigenvalue weighted by Gasteiger charge is -2.35. The van der Waals surface area contributed by atoms with Crippen LogP contribution < -0.4 is 9.64 Å². The normalized spacial score (nSPS) is 15.0. The second kappa shape index (κ2) is 8.64. The van der Waals surface area contributed by atoms with E-state index in [2.05, 4.69) is 20.2 Å². The highest BCUT2D eigenvalue weighted by Crippen LogP contribution is 2.35. The van der Waals surface area contributed by atoms with E-state index in [1.54, 1.807) is 18.3 Å². The SMILES string of the molecule is O=S(=O)(c1ccc(Oc2cccc3cccnc23)c2nonc12)N1CCN(c2ccccc2)CC1. The molecule has 0 N–H and O–H groups in total. The smallest absolute Gasteiger partial charge is 0.245 e. The monoisotopic (exact) mass is 487 g/mol. The van der Waals surface area contributed by atoms with Gasteiger partial charge in [0.05, 0.1) is 0 Å². The van der Waals surface area contributed by atoms with Crippen molar-refractivity contribution in [2.24, 2.45) is 0 Å². The molecule has 0 amide bonds. The summed E-state index contributed by atoms with van der Waals surface area (Å²) in [5.74, 6) is 0.868. The summed E-state index contributed by atoms with van der Waals surface area (Å²) in [6.45, 7) is 1.92. The highest BCUT2D eigenvalue weighted by Gasteiger charge is 2.32. The molecule has 0 bridgehead atoms. The molecule has 0 aliphatic carbocycles. The lowest BCUT2D eigenvalue weighted by atomic mass is 10.2. The number of rotatable bonds is 5. The number of benzene rings is 3. The fourth-order valence-corrected chi connectivity index (χ4v) is 5.89. The van der Waals surface area contributed by atoms with Gasteiger partial charge in [-0.1, -0.05) is 36.4 Å². The first-order valence-corrected chi connectivity index (χ1v) is 12.6. The molecule has 1 aliphatic rings. The van der Waals surface area contributed by atoms with Gasteiger partial charge in [0, 0.05) is 43.4 Å². The Balaban J connectivity index is 1.29. The minimum absolute atomic E-state index is 0.0466. The van der Waals surface area contributed by atoms with Crippen LogP contribution in [-0.4, -0.2) is 54.2 Å². The van der Waals surface area contributed by atoms with E-state index < -0.39 is 10.0 Å². The largest absolute Gasteiger partial charge is 0.453 e. The van der Waals surface area contributed by atoms with Gasteiger partial charge in [-0.2, -0.15) is 4.31 Å². The van der Waals surface area contributed by atoms with Crippen LogP contribution in [-0.2, 0) is 10.0 Å². The van der Waals surface area contributed by atoms with Crippen molar-refractivity contribution in [1.82, 2.24) is 19.6 Å². The van der Waals surface area contributed by atoms with E-state index in [9.17, 15) is 8.42 Å². The molecule has 176 valence electrons. The number of piperazine rings is 1. The van der Waals surface area contributed by atoms with Gasteiger partial charge in [0.25, 0.3) is 0 Å². The Bertz CT molecular complexity index is 1610. The second-order valence-corrected chi connectivity index (χ2v) is 10.1. The molecule has 1 aliphatic heterocycles. The molecular formula is C25H21N5O4S. The fraction of sp³-hybridized carbons (Fsp3) is 0.160. The van der Waals surface area contributed by atoms with Gasteiger partial charge in [-0.25, -0.2) is 13.0 Å². The molecule has 1 fully saturated rings. The Morgan fingerprint density at radius 3 is 2.31 bits per heavy atom. The number of sulfonamides is 1. The molecule has 0 atom stereocenters. The summed E-state index contributed by atoms with van der Waals surface area (Å²) in [5.41, 5.74) is 2.15. The molecule has 6 rings (SSSR count). The van der Waals surface area contributed by atoms with Crippen molar-refractivity contribution in [2.75, 3.05) is 31.1 Å². The van der Waals surface area contributed by atoms with Crippen molar-refractivity contribution in [3.63, 3.8) is 0 Å². The number of fused-ring (bicyclic) bond motifs is 2. The number of pyridine rings is 1. The van der Waals surface area contributed by atoms with Crippen LogP contribution in [0.4, 0.5) is 5.69 Å². The first-order valence-electron chi connectivity index (χ1n) is 11.2. The average molecular weight is 488 g/mol. The molecule has 10 heteroatoms. The highest BCUT2D eigenvalue weighted by molar-refractivity contribution is 7.89. The minimum atomic E-state index is -3.81. The van der Waals surface area contributed by atoms with Gasteiger partial charge < -0.3 is 9.64 Å². The van der Waals surface area contributed by atoms with Crippen LogP contribution in [0, 0.1) is 0 Å². The van der Waals surface area contributed by atoms with E-state index >= 15 is 0 Å². The molecule has 35 heavy (non-hydrogen) atoms. The number of hydrogen-bond donors (Lipinski definition) is 0. The Hall–Kier alpha value is -4.02. The molecular weight excluding hydrogens is 466 g/mol. The van der Waals surface area contributed by atoms with Crippen molar-refractivity contribution >= 4 is 37.6 Å². The third kappa shape index (κ3) is 3.86. The van der Waals surface area contributed by atoms with Crippen molar-refractivity contribution in [3.05, 3.63) is 79.0 Å². The zero-order chi connectivity index (χ0) is 23.8. The quantitative estimate of drug-likeness (QED) is 0.366. The molecule has 2 aromatic heterocycles. The summed E-state index contributed by atoms with van der Waals surface area (Å²) < 4.78 is 39.6. The zero-order valence-electron chi connectivity index (χ0n) is 18.6. The van der Waals surface area contributed by atoms with Gasteiger partial charge in [0.15, 0.2) is 22.5 Å². The topological polar surface area (TPSA) is 102 Å². The maximum absolute atomic E-state index is 13.5. The predicted octanol–water partition coefficient (Wildman–Crippen LogP) is 4.07. The van der Waals surface area contributed by atoms with Crippen molar-refractivity contribution in [2.45, 2.75) is 4.90 Å². The highest BCUT2D eigenvalue weighted by atomic mass is 32.2. The molecule has 9 nitrogen and oxygen atoms in total. The number of aromatic nitrogens is 3. The number of hydrogen-bond acceptors (Lipinski definition) is 8. The predicted molar refractivity (Wildman–Crippen MR) is 131 cm³/mol. The van der Waals surface area contributed by atoms with Gasteiger partial charge in [0.2, 0.25) is 10.0 Å². The Morgan fingerprint density at radius 1 is 0.743 bits per heavy atom. The van der Waals surface area contributed by atoms with Crippen LogP contribution in [0.15, 0.2) is 88.5 Å². The summed E-state index contributed by atoms with van der Waals surface area (Å²) in [5, 5.41) is 8.78. The molecule has 1 saturated heterocycles. The fourth-order valence-electron chi connectivity index (χ4n) is 4.35. The zero-order valence-corrected chi connectivity index (χ0v) is 19.4. The summed E-state index contributed by atoms with van der Waals surface area (Å²) in [6, 6.07) is 22.5. The Morgan fingerprint density at radius 2 is 1.49 bits per heavy atom. The van der Waals surface area contributed by atoms with Crippen LogP contribution in [0.2, 0.25) is 0 Å². The Kier molecular flexibility index (Phi) is 5.31. The summed E-state index contributed by atoms with van der Waals surface area (Å²) in [7, 11) is -3.81. The van der Waals surface area contributed by atoms with Gasteiger partial charge >= 0.3 is 0 Å². The van der Waals surface area contributed by atoms with E-state index in [4.69, 9.17) is 9.37 Å². The lowest BCUT2D eigenvalue weighted by Crippen LogP contribution is -2.48. The van der Waals surface area contributed by atoms with Gasteiger partial charge in [-0.15, -0.1) is 0 Å². The van der Waals surface area contributed by atoms with E-state index in [1.807, 2.05) is 54.6 Å². The number of ether oxygens (including phenoxy) is 1. The summed E-state index contributed by atoms with van der Waals surface area (Å²) in [6.07, 6.45) is 1.69. The van der Waals surface area contributed by atoms with Gasteiger partial charge in [-0.3, -0.25) is 4.98 Å². The maximum atomic E-state index is 13.5. The van der Waals surface area contributed by atoms with Crippen LogP contribution in [0.3, 0.4) is 0 Å². The maximum Gasteiger partial charge on any atom is 0.245 e. The van der Waals surface area contributed by atoms with Crippen molar-refractivity contribution < 1.29 is 17.8 Å². The standard InChI is InChI=1S/C25H21N5O4S/c31-35(32,30-16-14-29(15-17-30)19-8-2-1-3-9-19)22-12-11-21(24-25(22)28-34-27-24)33-20-10-4-6-18-7-5-13-26-23(18)20/h1-13H,14-17H2. The summed E-state index contributed by atoms with van der Waals surface area (Å²) >= 11 is 0. The van der Waals surface area contributed by atoms with Crippen LogP contribution >= 0.6 is 0 Å². The molecule has 0 saturated carbocycles. The molecule has 0 radical (unpaired) electrons. The van der Waals surface area contributed by atoms with E-state index in [0.29, 0.717) is 43.2 Å². The van der Waals surface area contributed by atoms with E-state index in [-0.39, 0.29) is 15.9 Å². The third-order valence-electron chi connectivity index (χ3n) is 6.13. The second-order valence-electron chi connectivity index (χ2n) is 8.18. The molecule has 3 aromatic carbocycles. The average Bonchev–Trinajstić information content (AvgIpc) is 3.40. The lowest BCUT2D eigenvalue weighted by molar-refractivity contribution is 0.314. The third-order valence-corrected chi connectivity index (χ3v) is 8.07. The molecule has 5 aromatic rings. The van der Waals surface area contributed by atoms with Crippen molar-refractivity contribution in [3.8, 4) is 11.5 Å². The van der Waals surface area contributed by atoms with Crippen LogP contribution in [0.25, 0.3) is 21.9 Å².